The summed E-state index contributed by atoms with van der Waals surface area (Å²) in [6.45, 7) is 8.98. The van der Waals surface area contributed by atoms with Crippen LogP contribution in [0, 0.1) is 5.82 Å². The average Bonchev–Trinajstić information content (AvgIpc) is 2.58. The van der Waals surface area contributed by atoms with Crippen molar-refractivity contribution >= 4 is 11.9 Å². The predicted molar refractivity (Wildman–Crippen MR) is 98.4 cm³/mol. The molecule has 0 heterocycles. The van der Waals surface area contributed by atoms with Crippen molar-refractivity contribution in [3.63, 3.8) is 0 Å². The van der Waals surface area contributed by atoms with Gasteiger partial charge < -0.3 is 19.9 Å². The van der Waals surface area contributed by atoms with Gasteiger partial charge in [-0.1, -0.05) is 6.07 Å². The van der Waals surface area contributed by atoms with Crippen LogP contribution in [0.25, 0.3) is 0 Å². The molecular weight excluding hydrogens is 323 g/mol. The lowest BCUT2D eigenvalue weighted by atomic mass is 10.3. The van der Waals surface area contributed by atoms with E-state index in [2.05, 4.69) is 10.3 Å². The van der Waals surface area contributed by atoms with Crippen molar-refractivity contribution in [2.45, 2.75) is 20.8 Å². The quantitative estimate of drug-likeness (QED) is 0.419. The molecular formula is C18H29FN4O2. The van der Waals surface area contributed by atoms with Gasteiger partial charge in [0, 0.05) is 32.7 Å². The van der Waals surface area contributed by atoms with E-state index in [1.54, 1.807) is 21.9 Å². The molecule has 0 unspecified atom stereocenters. The van der Waals surface area contributed by atoms with Crippen molar-refractivity contribution in [2.24, 2.45) is 4.99 Å². The smallest absolute Gasteiger partial charge is 0.242 e. The summed E-state index contributed by atoms with van der Waals surface area (Å²) in [6.07, 6.45) is 0. The summed E-state index contributed by atoms with van der Waals surface area (Å²) in [5.74, 6) is 0.856. The van der Waals surface area contributed by atoms with Gasteiger partial charge in [0.1, 0.15) is 18.2 Å². The molecule has 1 amide bonds. The minimum absolute atomic E-state index is 0.0640. The Morgan fingerprint density at radius 1 is 1.28 bits per heavy atom. The number of halogens is 1. The average molecular weight is 352 g/mol. The van der Waals surface area contributed by atoms with Gasteiger partial charge in [0.15, 0.2) is 5.96 Å². The Balaban J connectivity index is 2.55. The van der Waals surface area contributed by atoms with Gasteiger partial charge in [0.2, 0.25) is 5.91 Å². The number of benzene rings is 1. The van der Waals surface area contributed by atoms with Crippen LogP contribution >= 0.6 is 0 Å². The molecule has 1 aromatic rings. The summed E-state index contributed by atoms with van der Waals surface area (Å²) < 4.78 is 18.6. The molecule has 140 valence electrons. The first-order valence-electron chi connectivity index (χ1n) is 8.67. The zero-order valence-corrected chi connectivity index (χ0v) is 15.6. The van der Waals surface area contributed by atoms with E-state index in [0.29, 0.717) is 44.5 Å². The first kappa shape index (κ1) is 20.7. The molecule has 0 saturated heterocycles. The molecule has 0 spiro atoms. The van der Waals surface area contributed by atoms with Crippen LogP contribution in [0.5, 0.6) is 5.75 Å². The second-order valence-electron chi connectivity index (χ2n) is 5.46. The number of hydrogen-bond donors (Lipinski definition) is 1. The van der Waals surface area contributed by atoms with Crippen molar-refractivity contribution < 1.29 is 13.9 Å². The van der Waals surface area contributed by atoms with Crippen LogP contribution in [-0.4, -0.2) is 68.0 Å². The van der Waals surface area contributed by atoms with Gasteiger partial charge in [-0.3, -0.25) is 4.79 Å². The van der Waals surface area contributed by atoms with Crippen LogP contribution in [0.4, 0.5) is 4.39 Å². The van der Waals surface area contributed by atoms with E-state index in [-0.39, 0.29) is 18.3 Å². The zero-order valence-electron chi connectivity index (χ0n) is 15.6. The number of amides is 1. The van der Waals surface area contributed by atoms with Crippen molar-refractivity contribution in [2.75, 3.05) is 46.4 Å². The van der Waals surface area contributed by atoms with Gasteiger partial charge in [0.05, 0.1) is 13.1 Å². The molecule has 0 saturated carbocycles. The Hall–Kier alpha value is -2.31. The number of nitrogens with one attached hydrogen (secondary N) is 1. The van der Waals surface area contributed by atoms with E-state index in [1.165, 1.54) is 12.1 Å². The standard InChI is InChI=1S/C18H29FN4O2/c1-5-20-18(22(4)14-17(24)23(6-2)7-3)21-11-12-25-16-10-8-9-15(19)13-16/h8-10,13H,5-7,11-12,14H2,1-4H3,(H,20,21). The number of nitrogens with zero attached hydrogens (tertiary/aromatic N) is 3. The molecule has 0 radical (unpaired) electrons. The van der Waals surface area contributed by atoms with Crippen LogP contribution in [0.3, 0.4) is 0 Å². The number of carbonyl (C=O) groups excluding carboxylic acids is 1. The SMILES string of the molecule is CCNC(=NCCOc1cccc(F)c1)N(C)CC(=O)N(CC)CC. The summed E-state index contributed by atoms with van der Waals surface area (Å²) in [6, 6.07) is 6.01. The molecule has 0 aliphatic heterocycles. The third kappa shape index (κ3) is 7.41. The fourth-order valence-corrected chi connectivity index (χ4v) is 2.30. The van der Waals surface area contributed by atoms with Crippen molar-refractivity contribution in [1.82, 2.24) is 15.1 Å². The van der Waals surface area contributed by atoms with Crippen molar-refractivity contribution in [1.29, 1.82) is 0 Å². The maximum absolute atomic E-state index is 13.1. The van der Waals surface area contributed by atoms with Gasteiger partial charge in [-0.2, -0.15) is 0 Å². The summed E-state index contributed by atoms with van der Waals surface area (Å²) in [7, 11) is 1.83. The summed E-state index contributed by atoms with van der Waals surface area (Å²) in [5, 5.41) is 3.16. The monoisotopic (exact) mass is 352 g/mol. The molecule has 0 aromatic heterocycles. The summed E-state index contributed by atoms with van der Waals surface area (Å²) in [4.78, 5) is 20.3. The number of aliphatic imine (C=N–C) groups is 1. The van der Waals surface area contributed by atoms with E-state index < -0.39 is 0 Å². The Labute approximate surface area is 149 Å². The number of ether oxygens (including phenoxy) is 1. The summed E-state index contributed by atoms with van der Waals surface area (Å²) in [5.41, 5.74) is 0. The maximum Gasteiger partial charge on any atom is 0.242 e. The zero-order chi connectivity index (χ0) is 18.7. The van der Waals surface area contributed by atoms with Gasteiger partial charge in [-0.05, 0) is 32.9 Å². The molecule has 6 nitrogen and oxygen atoms in total. The minimum atomic E-state index is -0.330. The minimum Gasteiger partial charge on any atom is -0.492 e. The van der Waals surface area contributed by atoms with Crippen LogP contribution in [0.1, 0.15) is 20.8 Å². The number of carbonyl (C=O) groups is 1. The molecule has 1 rings (SSSR count). The number of hydrogen-bond acceptors (Lipinski definition) is 3. The molecule has 1 aromatic carbocycles. The van der Waals surface area contributed by atoms with E-state index >= 15 is 0 Å². The van der Waals surface area contributed by atoms with Crippen LogP contribution < -0.4 is 10.1 Å². The maximum atomic E-state index is 13.1. The van der Waals surface area contributed by atoms with Gasteiger partial charge in [-0.15, -0.1) is 0 Å². The van der Waals surface area contributed by atoms with E-state index in [4.69, 9.17) is 4.74 Å². The highest BCUT2D eigenvalue weighted by Crippen LogP contribution is 2.11. The number of likely N-dealkylation sites (N-methyl/N-ethyl adjacent to an activating group) is 2. The molecule has 0 aliphatic carbocycles. The lowest BCUT2D eigenvalue weighted by Crippen LogP contribution is -2.45. The molecule has 0 aliphatic rings. The second-order valence-corrected chi connectivity index (χ2v) is 5.46. The Morgan fingerprint density at radius 2 is 2.00 bits per heavy atom. The number of guanidine groups is 1. The van der Waals surface area contributed by atoms with Crippen LogP contribution in [0.15, 0.2) is 29.3 Å². The third-order valence-electron chi connectivity index (χ3n) is 3.60. The Bertz CT molecular complexity index is 562. The largest absolute Gasteiger partial charge is 0.492 e. The first-order valence-corrected chi connectivity index (χ1v) is 8.67. The molecule has 0 fully saturated rings. The second kappa shape index (κ2) is 11.3. The molecule has 0 bridgehead atoms. The van der Waals surface area contributed by atoms with Gasteiger partial charge in [0.25, 0.3) is 0 Å². The van der Waals surface area contributed by atoms with Crippen molar-refractivity contribution in [3.05, 3.63) is 30.1 Å². The Morgan fingerprint density at radius 3 is 2.60 bits per heavy atom. The lowest BCUT2D eigenvalue weighted by Gasteiger charge is -2.25. The fraction of sp³-hybridized carbons (Fsp3) is 0.556. The molecule has 25 heavy (non-hydrogen) atoms. The predicted octanol–water partition coefficient (Wildman–Crippen LogP) is 1.97. The Kier molecular flexibility index (Phi) is 9.36. The molecule has 1 N–H and O–H groups in total. The van der Waals surface area contributed by atoms with E-state index in [1.807, 2.05) is 27.8 Å². The highest BCUT2D eigenvalue weighted by atomic mass is 19.1. The normalized spacial score (nSPS) is 11.2. The number of rotatable bonds is 9. The van der Waals surface area contributed by atoms with Crippen LogP contribution in [-0.2, 0) is 4.79 Å². The summed E-state index contributed by atoms with van der Waals surface area (Å²) >= 11 is 0. The van der Waals surface area contributed by atoms with Crippen molar-refractivity contribution in [3.8, 4) is 5.75 Å². The lowest BCUT2D eigenvalue weighted by molar-refractivity contribution is -0.131. The van der Waals surface area contributed by atoms with E-state index in [9.17, 15) is 9.18 Å². The van der Waals surface area contributed by atoms with E-state index in [0.717, 1.165) is 0 Å². The first-order chi connectivity index (χ1) is 12.0. The van der Waals surface area contributed by atoms with Gasteiger partial charge >= 0.3 is 0 Å². The van der Waals surface area contributed by atoms with Crippen LogP contribution in [0.2, 0.25) is 0 Å². The third-order valence-corrected chi connectivity index (χ3v) is 3.60. The topological polar surface area (TPSA) is 57.2 Å². The highest BCUT2D eigenvalue weighted by Gasteiger charge is 2.14. The van der Waals surface area contributed by atoms with Gasteiger partial charge in [-0.25, -0.2) is 9.38 Å². The molecule has 7 heteroatoms. The molecule has 0 atom stereocenters. The highest BCUT2D eigenvalue weighted by molar-refractivity contribution is 5.86. The fourth-order valence-electron chi connectivity index (χ4n) is 2.30.